The van der Waals surface area contributed by atoms with Crippen molar-refractivity contribution in [1.29, 1.82) is 0 Å². The third-order valence-electron chi connectivity index (χ3n) is 3.07. The summed E-state index contributed by atoms with van der Waals surface area (Å²) < 4.78 is 0. The van der Waals surface area contributed by atoms with Crippen LogP contribution < -0.4 is 5.32 Å². The van der Waals surface area contributed by atoms with Crippen LogP contribution in [-0.2, 0) is 0 Å². The zero-order valence-corrected chi connectivity index (χ0v) is 9.21. The van der Waals surface area contributed by atoms with Crippen LogP contribution in [0.2, 0.25) is 0 Å². The SMILES string of the molecule is C=CCCC(C)NCC1CCC(O)C1. The summed E-state index contributed by atoms with van der Waals surface area (Å²) in [5, 5.41) is 12.9. The Kier molecular flexibility index (Phi) is 5.20. The first-order valence-electron chi connectivity index (χ1n) is 5.74. The van der Waals surface area contributed by atoms with Crippen molar-refractivity contribution >= 4 is 0 Å². The Bertz CT molecular complexity index is 170. The van der Waals surface area contributed by atoms with Gasteiger partial charge in [0.25, 0.3) is 0 Å². The Labute approximate surface area is 87.4 Å². The zero-order valence-electron chi connectivity index (χ0n) is 9.21. The molecule has 2 nitrogen and oxygen atoms in total. The van der Waals surface area contributed by atoms with Crippen LogP contribution >= 0.6 is 0 Å². The Morgan fingerprint density at radius 3 is 2.93 bits per heavy atom. The van der Waals surface area contributed by atoms with Crippen LogP contribution in [0, 0.1) is 5.92 Å². The Balaban J connectivity index is 2.04. The number of aliphatic hydroxyl groups is 1. The molecule has 3 unspecified atom stereocenters. The highest BCUT2D eigenvalue weighted by atomic mass is 16.3. The molecular weight excluding hydrogens is 174 g/mol. The van der Waals surface area contributed by atoms with E-state index >= 15 is 0 Å². The molecular formula is C12H23NO. The molecule has 0 aromatic rings. The van der Waals surface area contributed by atoms with Crippen molar-refractivity contribution < 1.29 is 5.11 Å². The smallest absolute Gasteiger partial charge is 0.0543 e. The number of hydrogen-bond donors (Lipinski definition) is 2. The summed E-state index contributed by atoms with van der Waals surface area (Å²) in [6, 6.07) is 0.575. The van der Waals surface area contributed by atoms with E-state index in [9.17, 15) is 5.11 Å². The van der Waals surface area contributed by atoms with Crippen LogP contribution in [-0.4, -0.2) is 23.8 Å². The van der Waals surface area contributed by atoms with Crippen molar-refractivity contribution in [1.82, 2.24) is 5.32 Å². The minimum Gasteiger partial charge on any atom is -0.393 e. The summed E-state index contributed by atoms with van der Waals surface area (Å²) in [6.07, 6.45) is 7.35. The maximum atomic E-state index is 9.37. The van der Waals surface area contributed by atoms with Gasteiger partial charge >= 0.3 is 0 Å². The molecule has 3 atom stereocenters. The third kappa shape index (κ3) is 4.25. The zero-order chi connectivity index (χ0) is 10.4. The molecule has 1 aliphatic carbocycles. The van der Waals surface area contributed by atoms with Crippen molar-refractivity contribution in [3.8, 4) is 0 Å². The van der Waals surface area contributed by atoms with Crippen LogP contribution in [0.4, 0.5) is 0 Å². The minimum atomic E-state index is -0.0368. The highest BCUT2D eigenvalue weighted by Crippen LogP contribution is 2.24. The predicted molar refractivity (Wildman–Crippen MR) is 60.2 cm³/mol. The van der Waals surface area contributed by atoms with Crippen LogP contribution in [0.25, 0.3) is 0 Å². The molecule has 0 saturated heterocycles. The lowest BCUT2D eigenvalue weighted by atomic mass is 10.1. The Hall–Kier alpha value is -0.340. The van der Waals surface area contributed by atoms with Gasteiger partial charge in [-0.25, -0.2) is 0 Å². The number of hydrogen-bond acceptors (Lipinski definition) is 2. The molecule has 82 valence electrons. The largest absolute Gasteiger partial charge is 0.393 e. The number of nitrogens with one attached hydrogen (secondary N) is 1. The normalized spacial score (nSPS) is 29.0. The van der Waals surface area contributed by atoms with E-state index in [1.165, 1.54) is 12.8 Å². The van der Waals surface area contributed by atoms with Crippen molar-refractivity contribution in [3.63, 3.8) is 0 Å². The summed E-state index contributed by atoms with van der Waals surface area (Å²) >= 11 is 0. The fourth-order valence-electron chi connectivity index (χ4n) is 2.07. The van der Waals surface area contributed by atoms with Crippen molar-refractivity contribution in [2.75, 3.05) is 6.54 Å². The van der Waals surface area contributed by atoms with Gasteiger partial charge in [-0.1, -0.05) is 6.08 Å². The van der Waals surface area contributed by atoms with E-state index in [4.69, 9.17) is 0 Å². The fourth-order valence-corrected chi connectivity index (χ4v) is 2.07. The molecule has 2 N–H and O–H groups in total. The summed E-state index contributed by atoms with van der Waals surface area (Å²) in [6.45, 7) is 7.00. The summed E-state index contributed by atoms with van der Waals surface area (Å²) in [7, 11) is 0. The van der Waals surface area contributed by atoms with Crippen LogP contribution in [0.1, 0.15) is 39.0 Å². The van der Waals surface area contributed by atoms with E-state index in [0.29, 0.717) is 12.0 Å². The average molecular weight is 197 g/mol. The highest BCUT2D eigenvalue weighted by molar-refractivity contribution is 4.78. The average Bonchev–Trinajstić information content (AvgIpc) is 2.58. The number of allylic oxidation sites excluding steroid dienone is 1. The van der Waals surface area contributed by atoms with Crippen molar-refractivity contribution in [2.24, 2.45) is 5.92 Å². The first-order chi connectivity index (χ1) is 6.72. The predicted octanol–water partition coefficient (Wildman–Crippen LogP) is 2.09. The molecule has 0 aromatic carbocycles. The van der Waals surface area contributed by atoms with Gasteiger partial charge in [-0.2, -0.15) is 0 Å². The minimum absolute atomic E-state index is 0.0368. The van der Waals surface area contributed by atoms with E-state index in [1.807, 2.05) is 6.08 Å². The molecule has 2 heteroatoms. The lowest BCUT2D eigenvalue weighted by Crippen LogP contribution is -2.30. The van der Waals surface area contributed by atoms with Crippen molar-refractivity contribution in [3.05, 3.63) is 12.7 Å². The van der Waals surface area contributed by atoms with Gasteiger partial charge in [0.05, 0.1) is 6.10 Å². The monoisotopic (exact) mass is 197 g/mol. The van der Waals surface area contributed by atoms with Gasteiger partial charge in [0, 0.05) is 6.04 Å². The molecule has 1 saturated carbocycles. The summed E-state index contributed by atoms with van der Waals surface area (Å²) in [5.41, 5.74) is 0. The second-order valence-corrected chi connectivity index (χ2v) is 4.51. The molecule has 1 rings (SSSR count). The molecule has 1 aliphatic rings. The summed E-state index contributed by atoms with van der Waals surface area (Å²) in [4.78, 5) is 0. The lowest BCUT2D eigenvalue weighted by Gasteiger charge is -2.16. The topological polar surface area (TPSA) is 32.3 Å². The molecule has 1 fully saturated rings. The molecule has 0 spiro atoms. The van der Waals surface area contributed by atoms with E-state index in [2.05, 4.69) is 18.8 Å². The van der Waals surface area contributed by atoms with E-state index < -0.39 is 0 Å². The number of rotatable bonds is 6. The quantitative estimate of drug-likeness (QED) is 0.639. The Morgan fingerprint density at radius 2 is 2.36 bits per heavy atom. The van der Waals surface area contributed by atoms with Crippen LogP contribution in [0.5, 0.6) is 0 Å². The highest BCUT2D eigenvalue weighted by Gasteiger charge is 2.22. The van der Waals surface area contributed by atoms with E-state index in [-0.39, 0.29) is 6.10 Å². The van der Waals surface area contributed by atoms with Gasteiger partial charge in [0.15, 0.2) is 0 Å². The molecule has 0 aromatic heterocycles. The maximum absolute atomic E-state index is 9.37. The fraction of sp³-hybridized carbons (Fsp3) is 0.833. The first kappa shape index (κ1) is 11.7. The van der Waals surface area contributed by atoms with E-state index in [1.54, 1.807) is 0 Å². The van der Waals surface area contributed by atoms with Crippen LogP contribution in [0.15, 0.2) is 12.7 Å². The Morgan fingerprint density at radius 1 is 1.57 bits per heavy atom. The first-order valence-corrected chi connectivity index (χ1v) is 5.74. The van der Waals surface area contributed by atoms with Gasteiger partial charge in [0.1, 0.15) is 0 Å². The van der Waals surface area contributed by atoms with Gasteiger partial charge in [-0.15, -0.1) is 6.58 Å². The maximum Gasteiger partial charge on any atom is 0.0543 e. The molecule has 0 radical (unpaired) electrons. The molecule has 0 aliphatic heterocycles. The summed E-state index contributed by atoms with van der Waals surface area (Å²) in [5.74, 6) is 0.691. The second kappa shape index (κ2) is 6.20. The second-order valence-electron chi connectivity index (χ2n) is 4.51. The molecule has 0 amide bonds. The molecule has 14 heavy (non-hydrogen) atoms. The molecule has 0 bridgehead atoms. The van der Waals surface area contributed by atoms with Gasteiger partial charge in [0.2, 0.25) is 0 Å². The van der Waals surface area contributed by atoms with Gasteiger partial charge < -0.3 is 10.4 Å². The molecule has 0 heterocycles. The van der Waals surface area contributed by atoms with Crippen LogP contribution in [0.3, 0.4) is 0 Å². The van der Waals surface area contributed by atoms with Gasteiger partial charge in [-0.05, 0) is 51.5 Å². The van der Waals surface area contributed by atoms with E-state index in [0.717, 1.165) is 25.8 Å². The third-order valence-corrected chi connectivity index (χ3v) is 3.07. The van der Waals surface area contributed by atoms with Crippen molar-refractivity contribution in [2.45, 2.75) is 51.2 Å². The number of aliphatic hydroxyl groups excluding tert-OH is 1. The lowest BCUT2D eigenvalue weighted by molar-refractivity contribution is 0.177. The standard InChI is InChI=1S/C12H23NO/c1-3-4-5-10(2)13-9-11-6-7-12(14)8-11/h3,10-14H,1,4-9H2,2H3. The van der Waals surface area contributed by atoms with Gasteiger partial charge in [-0.3, -0.25) is 0 Å².